The first-order valence-corrected chi connectivity index (χ1v) is 6.90. The largest absolute Gasteiger partial charge is 0.460 e. The van der Waals surface area contributed by atoms with Crippen molar-refractivity contribution < 1.29 is 14.3 Å². The summed E-state index contributed by atoms with van der Waals surface area (Å²) >= 11 is 11.7. The summed E-state index contributed by atoms with van der Waals surface area (Å²) in [4.78, 5) is 23.2. The van der Waals surface area contributed by atoms with E-state index >= 15 is 0 Å². The molecule has 4 nitrogen and oxygen atoms in total. The molecule has 6 heteroatoms. The van der Waals surface area contributed by atoms with Crippen LogP contribution in [0.5, 0.6) is 0 Å². The monoisotopic (exact) mass is 317 g/mol. The summed E-state index contributed by atoms with van der Waals surface area (Å²) in [5, 5.41) is 3.46. The summed E-state index contributed by atoms with van der Waals surface area (Å²) in [7, 11) is 0. The van der Waals surface area contributed by atoms with Gasteiger partial charge in [0.05, 0.1) is 17.1 Å². The zero-order chi connectivity index (χ0) is 15.3. The topological polar surface area (TPSA) is 55.4 Å². The maximum atomic E-state index is 11.7. The van der Waals surface area contributed by atoms with Crippen LogP contribution in [0.2, 0.25) is 10.0 Å². The third-order valence-corrected chi connectivity index (χ3v) is 2.73. The number of carbonyl (C=O) groups excluding carboxylic acids is 2. The molecule has 0 saturated carbocycles. The fourth-order valence-electron chi connectivity index (χ4n) is 1.41. The molecule has 1 N–H and O–H groups in total. The van der Waals surface area contributed by atoms with Crippen molar-refractivity contribution in [1.29, 1.82) is 0 Å². The normalized spacial score (nSPS) is 11.1. The van der Waals surface area contributed by atoms with Crippen LogP contribution in [0.1, 0.15) is 33.6 Å². The molecule has 0 spiro atoms. The SMILES string of the molecule is CC(C)(C)OC(=O)CCC(=O)Nc1ccc(Cl)cc1Cl. The highest BCUT2D eigenvalue weighted by Crippen LogP contribution is 2.25. The average molecular weight is 318 g/mol. The van der Waals surface area contributed by atoms with Gasteiger partial charge in [0.15, 0.2) is 0 Å². The Bertz CT molecular complexity index is 510. The second kappa shape index (κ2) is 6.95. The molecule has 0 aliphatic heterocycles. The number of halogens is 2. The molecule has 0 heterocycles. The van der Waals surface area contributed by atoms with Crippen molar-refractivity contribution in [3.05, 3.63) is 28.2 Å². The van der Waals surface area contributed by atoms with E-state index in [1.54, 1.807) is 32.9 Å². The van der Waals surface area contributed by atoms with Crippen LogP contribution < -0.4 is 5.32 Å². The molecule has 0 fully saturated rings. The minimum atomic E-state index is -0.549. The number of hydrogen-bond donors (Lipinski definition) is 1. The van der Waals surface area contributed by atoms with Crippen LogP contribution in [0, 0.1) is 0 Å². The van der Waals surface area contributed by atoms with Crippen LogP contribution in [-0.4, -0.2) is 17.5 Å². The van der Waals surface area contributed by atoms with E-state index in [1.807, 2.05) is 0 Å². The summed E-state index contributed by atoms with van der Waals surface area (Å²) in [6.45, 7) is 5.33. The van der Waals surface area contributed by atoms with Gasteiger partial charge in [0.1, 0.15) is 5.60 Å². The van der Waals surface area contributed by atoms with E-state index in [1.165, 1.54) is 6.07 Å². The molecule has 110 valence electrons. The maximum absolute atomic E-state index is 11.7. The van der Waals surface area contributed by atoms with Crippen LogP contribution in [0.25, 0.3) is 0 Å². The Hall–Kier alpha value is -1.26. The summed E-state index contributed by atoms with van der Waals surface area (Å²) in [6.07, 6.45) is 0.0577. The molecular weight excluding hydrogens is 301 g/mol. The summed E-state index contributed by atoms with van der Waals surface area (Å²) in [5.74, 6) is -0.713. The van der Waals surface area contributed by atoms with E-state index in [0.29, 0.717) is 15.7 Å². The first kappa shape index (κ1) is 16.8. The first-order valence-electron chi connectivity index (χ1n) is 6.14. The number of carbonyl (C=O) groups is 2. The number of nitrogens with one attached hydrogen (secondary N) is 1. The second-order valence-electron chi connectivity index (χ2n) is 5.26. The minimum Gasteiger partial charge on any atom is -0.460 e. The molecule has 20 heavy (non-hydrogen) atoms. The highest BCUT2D eigenvalue weighted by molar-refractivity contribution is 6.36. The van der Waals surface area contributed by atoms with Gasteiger partial charge in [-0.3, -0.25) is 9.59 Å². The highest BCUT2D eigenvalue weighted by atomic mass is 35.5. The Labute approximate surface area is 128 Å². The number of hydrogen-bond acceptors (Lipinski definition) is 3. The van der Waals surface area contributed by atoms with E-state index < -0.39 is 11.6 Å². The van der Waals surface area contributed by atoms with Gasteiger partial charge in [-0.25, -0.2) is 0 Å². The number of rotatable bonds is 4. The predicted molar refractivity (Wildman–Crippen MR) is 80.2 cm³/mol. The summed E-state index contributed by atoms with van der Waals surface area (Å²) < 4.78 is 5.12. The molecule has 1 aromatic carbocycles. The van der Waals surface area contributed by atoms with Crippen molar-refractivity contribution >= 4 is 40.8 Å². The number of anilines is 1. The number of ether oxygens (including phenoxy) is 1. The van der Waals surface area contributed by atoms with Crippen molar-refractivity contribution in [2.45, 2.75) is 39.2 Å². The van der Waals surface area contributed by atoms with E-state index in [4.69, 9.17) is 27.9 Å². The Balaban J connectivity index is 2.46. The van der Waals surface area contributed by atoms with E-state index in [9.17, 15) is 9.59 Å². The second-order valence-corrected chi connectivity index (χ2v) is 6.10. The van der Waals surface area contributed by atoms with Gasteiger partial charge in [0.2, 0.25) is 5.91 Å². The molecule has 0 bridgehead atoms. The smallest absolute Gasteiger partial charge is 0.306 e. The van der Waals surface area contributed by atoms with Crippen molar-refractivity contribution in [2.75, 3.05) is 5.32 Å². The Morgan fingerprint density at radius 3 is 2.40 bits per heavy atom. The number of esters is 1. The number of amides is 1. The van der Waals surface area contributed by atoms with E-state index in [-0.39, 0.29) is 18.7 Å². The predicted octanol–water partition coefficient (Wildman–Crippen LogP) is 4.05. The molecular formula is C14H17Cl2NO3. The molecule has 1 amide bonds. The van der Waals surface area contributed by atoms with Crippen LogP contribution >= 0.6 is 23.2 Å². The lowest BCUT2D eigenvalue weighted by molar-refractivity contribution is -0.155. The van der Waals surface area contributed by atoms with Gasteiger partial charge in [0.25, 0.3) is 0 Å². The fourth-order valence-corrected chi connectivity index (χ4v) is 1.87. The zero-order valence-corrected chi connectivity index (χ0v) is 13.1. The van der Waals surface area contributed by atoms with Gasteiger partial charge in [0, 0.05) is 11.4 Å². The molecule has 1 rings (SSSR count). The molecule has 1 aromatic rings. The molecule has 0 saturated heterocycles. The molecule has 0 radical (unpaired) electrons. The maximum Gasteiger partial charge on any atom is 0.306 e. The molecule has 0 aromatic heterocycles. The Morgan fingerprint density at radius 2 is 1.85 bits per heavy atom. The highest BCUT2D eigenvalue weighted by Gasteiger charge is 2.17. The van der Waals surface area contributed by atoms with Crippen LogP contribution in [0.3, 0.4) is 0 Å². The van der Waals surface area contributed by atoms with Crippen LogP contribution in [0.15, 0.2) is 18.2 Å². The molecule has 0 atom stereocenters. The van der Waals surface area contributed by atoms with Gasteiger partial charge in [-0.2, -0.15) is 0 Å². The van der Waals surface area contributed by atoms with Crippen LogP contribution in [-0.2, 0) is 14.3 Å². The molecule has 0 unspecified atom stereocenters. The van der Waals surface area contributed by atoms with Gasteiger partial charge >= 0.3 is 5.97 Å². The van der Waals surface area contributed by atoms with Crippen molar-refractivity contribution in [3.63, 3.8) is 0 Å². The van der Waals surface area contributed by atoms with Crippen molar-refractivity contribution in [2.24, 2.45) is 0 Å². The lowest BCUT2D eigenvalue weighted by Crippen LogP contribution is -2.24. The lowest BCUT2D eigenvalue weighted by Gasteiger charge is -2.19. The Morgan fingerprint density at radius 1 is 1.20 bits per heavy atom. The van der Waals surface area contributed by atoms with Crippen molar-refractivity contribution in [3.8, 4) is 0 Å². The summed E-state index contributed by atoms with van der Waals surface area (Å²) in [5.41, 5.74) is -0.0854. The van der Waals surface area contributed by atoms with Gasteiger partial charge < -0.3 is 10.1 Å². The molecule has 0 aliphatic rings. The Kier molecular flexibility index (Phi) is 5.84. The van der Waals surface area contributed by atoms with Crippen LogP contribution in [0.4, 0.5) is 5.69 Å². The average Bonchev–Trinajstić information content (AvgIpc) is 2.28. The number of benzene rings is 1. The third-order valence-electron chi connectivity index (χ3n) is 2.18. The first-order chi connectivity index (χ1) is 9.17. The van der Waals surface area contributed by atoms with Gasteiger partial charge in [-0.05, 0) is 39.0 Å². The van der Waals surface area contributed by atoms with E-state index in [2.05, 4.69) is 5.32 Å². The minimum absolute atomic E-state index is 0.0221. The van der Waals surface area contributed by atoms with E-state index in [0.717, 1.165) is 0 Å². The molecule has 0 aliphatic carbocycles. The third kappa shape index (κ3) is 6.26. The lowest BCUT2D eigenvalue weighted by atomic mass is 10.2. The van der Waals surface area contributed by atoms with Crippen molar-refractivity contribution in [1.82, 2.24) is 0 Å². The fraction of sp³-hybridized carbons (Fsp3) is 0.429. The standard InChI is InChI=1S/C14H17Cl2NO3/c1-14(2,3)20-13(19)7-6-12(18)17-11-5-4-9(15)8-10(11)16/h4-5,8H,6-7H2,1-3H3,(H,17,18). The van der Waals surface area contributed by atoms with Gasteiger partial charge in [-0.1, -0.05) is 23.2 Å². The van der Waals surface area contributed by atoms with Gasteiger partial charge in [-0.15, -0.1) is 0 Å². The zero-order valence-electron chi connectivity index (χ0n) is 11.6. The quantitative estimate of drug-likeness (QED) is 0.852. The summed E-state index contributed by atoms with van der Waals surface area (Å²) in [6, 6.07) is 4.76.